The Hall–Kier alpha value is -2.78. The fraction of sp³-hybridized carbons (Fsp3) is 0.333. The van der Waals surface area contributed by atoms with E-state index in [1.54, 1.807) is 43.3 Å². The van der Waals surface area contributed by atoms with Gasteiger partial charge in [-0.2, -0.15) is 0 Å². The lowest BCUT2D eigenvalue weighted by Gasteiger charge is -2.33. The number of halogens is 3. The summed E-state index contributed by atoms with van der Waals surface area (Å²) in [5, 5.41) is 3.82. The maximum Gasteiger partial charge on any atom is 0.264 e. The molecule has 7 nitrogen and oxygen atoms in total. The highest BCUT2D eigenvalue weighted by molar-refractivity contribution is 7.92. The van der Waals surface area contributed by atoms with Gasteiger partial charge in [0, 0.05) is 22.6 Å². The van der Waals surface area contributed by atoms with Crippen LogP contribution in [0, 0.1) is 6.92 Å². The molecule has 218 valence electrons. The largest absolute Gasteiger partial charge is 0.352 e. The molecule has 1 aliphatic carbocycles. The summed E-state index contributed by atoms with van der Waals surface area (Å²) in [7, 11) is -4.27. The lowest BCUT2D eigenvalue weighted by atomic mass is 10.1. The van der Waals surface area contributed by atoms with E-state index in [2.05, 4.69) is 5.32 Å². The fourth-order valence-corrected chi connectivity index (χ4v) is 6.87. The lowest BCUT2D eigenvalue weighted by Crippen LogP contribution is -2.52. The van der Waals surface area contributed by atoms with Crippen molar-refractivity contribution < 1.29 is 18.0 Å². The van der Waals surface area contributed by atoms with Gasteiger partial charge in [-0.25, -0.2) is 8.42 Å². The van der Waals surface area contributed by atoms with Crippen molar-refractivity contribution >= 4 is 62.3 Å². The van der Waals surface area contributed by atoms with Gasteiger partial charge in [-0.3, -0.25) is 13.9 Å². The van der Waals surface area contributed by atoms with Crippen LogP contribution in [0.4, 0.5) is 5.69 Å². The summed E-state index contributed by atoms with van der Waals surface area (Å²) < 4.78 is 28.9. The smallest absolute Gasteiger partial charge is 0.264 e. The number of rotatable bonds is 10. The monoisotopic (exact) mass is 635 g/mol. The molecular weight excluding hydrogens is 605 g/mol. The minimum atomic E-state index is -4.27. The summed E-state index contributed by atoms with van der Waals surface area (Å²) in [5.74, 6) is -0.920. The molecule has 2 amide bonds. The number of benzene rings is 3. The minimum Gasteiger partial charge on any atom is -0.352 e. The topological polar surface area (TPSA) is 86.8 Å². The average molecular weight is 637 g/mol. The molecule has 1 aliphatic rings. The van der Waals surface area contributed by atoms with Gasteiger partial charge in [0.2, 0.25) is 11.8 Å². The number of sulfonamides is 1. The second kappa shape index (κ2) is 13.5. The molecule has 3 aromatic carbocycles. The van der Waals surface area contributed by atoms with Crippen LogP contribution in [0.25, 0.3) is 0 Å². The van der Waals surface area contributed by atoms with E-state index in [1.807, 2.05) is 6.92 Å². The molecule has 41 heavy (non-hydrogen) atoms. The number of hydrogen-bond acceptors (Lipinski definition) is 4. The van der Waals surface area contributed by atoms with Crippen LogP contribution in [0.3, 0.4) is 0 Å². The first-order valence-electron chi connectivity index (χ1n) is 13.3. The van der Waals surface area contributed by atoms with E-state index < -0.39 is 28.5 Å². The van der Waals surface area contributed by atoms with Crippen molar-refractivity contribution in [2.75, 3.05) is 10.8 Å². The lowest BCUT2D eigenvalue weighted by molar-refractivity contribution is -0.139. The Morgan fingerprint density at radius 2 is 1.61 bits per heavy atom. The summed E-state index contributed by atoms with van der Waals surface area (Å²) in [6.07, 6.45) is 3.83. The number of hydrogen-bond donors (Lipinski definition) is 1. The van der Waals surface area contributed by atoms with Gasteiger partial charge in [0.25, 0.3) is 10.0 Å². The molecule has 0 aliphatic heterocycles. The quantitative estimate of drug-likeness (QED) is 0.271. The van der Waals surface area contributed by atoms with E-state index in [0.717, 1.165) is 35.6 Å². The molecule has 4 rings (SSSR count). The zero-order chi connectivity index (χ0) is 29.7. The van der Waals surface area contributed by atoms with E-state index in [4.69, 9.17) is 34.8 Å². The molecule has 1 N–H and O–H groups in total. The fourth-order valence-electron chi connectivity index (χ4n) is 4.81. The van der Waals surface area contributed by atoms with E-state index in [0.29, 0.717) is 10.6 Å². The van der Waals surface area contributed by atoms with Crippen molar-refractivity contribution in [1.29, 1.82) is 0 Å². The van der Waals surface area contributed by atoms with Crippen LogP contribution in [0.1, 0.15) is 43.7 Å². The van der Waals surface area contributed by atoms with Crippen LogP contribution >= 0.6 is 34.8 Å². The van der Waals surface area contributed by atoms with Crippen LogP contribution in [0.15, 0.2) is 71.6 Å². The number of carbonyl (C=O) groups is 2. The second-order valence-electron chi connectivity index (χ2n) is 10.2. The van der Waals surface area contributed by atoms with Crippen molar-refractivity contribution in [1.82, 2.24) is 10.2 Å². The first-order valence-corrected chi connectivity index (χ1v) is 15.9. The highest BCUT2D eigenvalue weighted by Gasteiger charge is 2.34. The van der Waals surface area contributed by atoms with Crippen molar-refractivity contribution in [2.45, 2.75) is 63.1 Å². The number of aryl methyl sites for hydroxylation is 1. The maximum atomic E-state index is 14.1. The van der Waals surface area contributed by atoms with Gasteiger partial charge in [-0.05, 0) is 68.7 Å². The van der Waals surface area contributed by atoms with Gasteiger partial charge in [0.05, 0.1) is 15.6 Å². The van der Waals surface area contributed by atoms with Crippen molar-refractivity contribution in [3.8, 4) is 0 Å². The number of anilines is 1. The molecule has 1 saturated carbocycles. The third-order valence-electron chi connectivity index (χ3n) is 7.23. The van der Waals surface area contributed by atoms with Crippen LogP contribution in [0.2, 0.25) is 15.1 Å². The van der Waals surface area contributed by atoms with Gasteiger partial charge in [-0.1, -0.05) is 83.5 Å². The third kappa shape index (κ3) is 7.55. The van der Waals surface area contributed by atoms with E-state index in [-0.39, 0.29) is 39.1 Å². The Morgan fingerprint density at radius 1 is 0.951 bits per heavy atom. The van der Waals surface area contributed by atoms with E-state index >= 15 is 0 Å². The van der Waals surface area contributed by atoms with Gasteiger partial charge in [0.15, 0.2) is 0 Å². The Bertz CT molecular complexity index is 1510. The SMILES string of the molecule is Cc1ccc(S(=O)(=O)N(CC(=O)N(Cc2ccccc2Cl)[C@@H](C)C(=O)NC2CCCC2)c2cc(Cl)ccc2Cl)cc1. The Labute approximate surface area is 256 Å². The molecule has 0 aromatic heterocycles. The van der Waals surface area contributed by atoms with E-state index in [1.165, 1.54) is 35.2 Å². The molecule has 0 spiro atoms. The molecule has 0 heterocycles. The number of nitrogens with one attached hydrogen (secondary N) is 1. The third-order valence-corrected chi connectivity index (χ3v) is 9.93. The summed E-state index contributed by atoms with van der Waals surface area (Å²) in [5.41, 5.74) is 1.55. The van der Waals surface area contributed by atoms with Crippen LogP contribution < -0.4 is 9.62 Å². The van der Waals surface area contributed by atoms with Crippen LogP contribution in [-0.2, 0) is 26.2 Å². The minimum absolute atomic E-state index is 0.000538. The second-order valence-corrected chi connectivity index (χ2v) is 13.3. The Morgan fingerprint density at radius 3 is 2.27 bits per heavy atom. The maximum absolute atomic E-state index is 14.1. The number of carbonyl (C=O) groups excluding carboxylic acids is 2. The first kappa shape index (κ1) is 31.2. The zero-order valence-corrected chi connectivity index (χ0v) is 25.9. The molecular formula is C30H32Cl3N3O4S. The predicted molar refractivity (Wildman–Crippen MR) is 164 cm³/mol. The van der Waals surface area contributed by atoms with Gasteiger partial charge >= 0.3 is 0 Å². The molecule has 11 heteroatoms. The van der Waals surface area contributed by atoms with Gasteiger partial charge < -0.3 is 10.2 Å². The molecule has 0 radical (unpaired) electrons. The van der Waals surface area contributed by atoms with Crippen molar-refractivity contribution in [2.24, 2.45) is 0 Å². The molecule has 1 fully saturated rings. The van der Waals surface area contributed by atoms with Gasteiger partial charge in [-0.15, -0.1) is 0 Å². The van der Waals surface area contributed by atoms with E-state index in [9.17, 15) is 18.0 Å². The van der Waals surface area contributed by atoms with Gasteiger partial charge in [0.1, 0.15) is 12.6 Å². The summed E-state index contributed by atoms with van der Waals surface area (Å²) >= 11 is 19.1. The summed E-state index contributed by atoms with van der Waals surface area (Å²) in [4.78, 5) is 28.7. The van der Waals surface area contributed by atoms with Crippen LogP contribution in [-0.4, -0.2) is 43.8 Å². The Balaban J connectivity index is 1.73. The first-order chi connectivity index (χ1) is 19.5. The molecule has 0 saturated heterocycles. The zero-order valence-electron chi connectivity index (χ0n) is 22.8. The summed E-state index contributed by atoms with van der Waals surface area (Å²) in [6.45, 7) is 2.85. The molecule has 1 atom stereocenters. The molecule has 0 unspecified atom stereocenters. The van der Waals surface area contributed by atoms with Crippen molar-refractivity contribution in [3.63, 3.8) is 0 Å². The highest BCUT2D eigenvalue weighted by Crippen LogP contribution is 2.33. The normalized spacial score (nSPS) is 14.5. The summed E-state index contributed by atoms with van der Waals surface area (Å²) in [6, 6.07) is 16.9. The standard InChI is InChI=1S/C30H32Cl3N3O4S/c1-20-11-14-25(15-12-20)41(39,40)36(28-17-23(31)13-16-27(28)33)19-29(37)35(18-22-7-3-6-10-26(22)32)21(2)30(38)34-24-8-4-5-9-24/h3,6-7,10-17,21,24H,4-5,8-9,18-19H2,1-2H3,(H,34,38)/t21-/m0/s1. The molecule has 3 aromatic rings. The predicted octanol–water partition coefficient (Wildman–Crippen LogP) is 6.63. The molecule has 0 bridgehead atoms. The number of nitrogens with zero attached hydrogens (tertiary/aromatic N) is 2. The number of amides is 2. The van der Waals surface area contributed by atoms with Crippen molar-refractivity contribution in [3.05, 3.63) is 92.9 Å². The highest BCUT2D eigenvalue weighted by atomic mass is 35.5. The van der Waals surface area contributed by atoms with Crippen LogP contribution in [0.5, 0.6) is 0 Å². The Kier molecular flexibility index (Phi) is 10.2. The average Bonchev–Trinajstić information content (AvgIpc) is 3.45.